The maximum absolute atomic E-state index is 13.6. The van der Waals surface area contributed by atoms with Crippen molar-refractivity contribution >= 4 is 21.8 Å². The van der Waals surface area contributed by atoms with Crippen molar-refractivity contribution in [2.75, 3.05) is 6.61 Å². The Morgan fingerprint density at radius 2 is 1.68 bits per heavy atom. The van der Waals surface area contributed by atoms with E-state index in [1.807, 2.05) is 4.72 Å². The second-order valence-corrected chi connectivity index (χ2v) is 6.85. The topological polar surface area (TPSA) is 89.5 Å². The summed E-state index contributed by atoms with van der Waals surface area (Å²) in [6, 6.07) is 11.7. The highest BCUT2D eigenvalue weighted by molar-refractivity contribution is 7.89. The summed E-state index contributed by atoms with van der Waals surface area (Å²) < 4.78 is 44.6. The van der Waals surface area contributed by atoms with Gasteiger partial charge in [0.1, 0.15) is 16.8 Å². The number of sulfonamides is 1. The lowest BCUT2D eigenvalue weighted by molar-refractivity contribution is -0.144. The van der Waals surface area contributed by atoms with Gasteiger partial charge in [-0.25, -0.2) is 12.8 Å². The van der Waals surface area contributed by atoms with Crippen LogP contribution in [0.15, 0.2) is 59.5 Å². The molecule has 8 heteroatoms. The van der Waals surface area contributed by atoms with Crippen molar-refractivity contribution in [2.45, 2.75) is 17.9 Å². The molecule has 1 atom stereocenters. The molecule has 25 heavy (non-hydrogen) atoms. The summed E-state index contributed by atoms with van der Waals surface area (Å²) in [5.41, 5.74) is 0.370. The highest BCUT2D eigenvalue weighted by Gasteiger charge is 2.25. The van der Waals surface area contributed by atoms with E-state index in [1.54, 1.807) is 30.3 Å². The lowest BCUT2D eigenvalue weighted by Gasteiger charge is -2.14. The molecule has 6 nitrogen and oxygen atoms in total. The highest BCUT2D eigenvalue weighted by atomic mass is 32.2. The number of carbonyl (C=O) groups excluding carboxylic acids is 2. The van der Waals surface area contributed by atoms with Gasteiger partial charge in [0.25, 0.3) is 0 Å². The number of esters is 1. The van der Waals surface area contributed by atoms with Gasteiger partial charge < -0.3 is 4.74 Å². The normalized spacial score (nSPS) is 12.4. The van der Waals surface area contributed by atoms with Crippen LogP contribution < -0.4 is 4.72 Å². The number of ether oxygens (including phenoxy) is 1. The monoisotopic (exact) mass is 365 g/mol. The molecule has 1 N–H and O–H groups in total. The Morgan fingerprint density at radius 3 is 2.32 bits per heavy atom. The Morgan fingerprint density at radius 1 is 1.08 bits per heavy atom. The number of benzene rings is 2. The third-order valence-electron chi connectivity index (χ3n) is 3.25. The quantitative estimate of drug-likeness (QED) is 0.598. The molecule has 0 spiro atoms. The molecule has 2 aromatic rings. The first-order valence-corrected chi connectivity index (χ1v) is 8.81. The molecule has 2 aromatic carbocycles. The minimum absolute atomic E-state index is 0.370. The summed E-state index contributed by atoms with van der Waals surface area (Å²) in [5.74, 6) is -2.29. The van der Waals surface area contributed by atoms with Crippen molar-refractivity contribution in [3.05, 3.63) is 66.0 Å². The lowest BCUT2D eigenvalue weighted by Crippen LogP contribution is -2.40. The van der Waals surface area contributed by atoms with Gasteiger partial charge in [0.05, 0.1) is 0 Å². The van der Waals surface area contributed by atoms with Crippen LogP contribution in [0.1, 0.15) is 17.3 Å². The number of rotatable bonds is 7. The third-order valence-corrected chi connectivity index (χ3v) is 4.83. The maximum Gasteiger partial charge on any atom is 0.324 e. The van der Waals surface area contributed by atoms with Gasteiger partial charge in [-0.1, -0.05) is 42.5 Å². The van der Waals surface area contributed by atoms with Gasteiger partial charge in [-0.2, -0.15) is 4.72 Å². The van der Waals surface area contributed by atoms with Gasteiger partial charge in [0.2, 0.25) is 10.0 Å². The van der Waals surface area contributed by atoms with E-state index in [9.17, 15) is 22.4 Å². The zero-order valence-corrected chi connectivity index (χ0v) is 14.1. The zero-order valence-electron chi connectivity index (χ0n) is 13.3. The molecule has 0 aliphatic rings. The summed E-state index contributed by atoms with van der Waals surface area (Å²) >= 11 is 0. The Kier molecular flexibility index (Phi) is 6.00. The standard InChI is InChI=1S/C17H16FNO5S/c1-12(19-25(22,23)16-10-6-5-9-14(16)18)17(21)24-11-15(20)13-7-3-2-4-8-13/h2-10,12,19H,11H2,1H3/t12-/m0/s1. The van der Waals surface area contributed by atoms with E-state index in [2.05, 4.69) is 0 Å². The maximum atomic E-state index is 13.6. The summed E-state index contributed by atoms with van der Waals surface area (Å²) in [7, 11) is -4.24. The Labute approximate surface area is 144 Å². The van der Waals surface area contributed by atoms with E-state index in [4.69, 9.17) is 4.74 Å². The predicted molar refractivity (Wildman–Crippen MR) is 87.9 cm³/mol. The molecule has 0 saturated carbocycles. The van der Waals surface area contributed by atoms with Crippen LogP contribution in [0.2, 0.25) is 0 Å². The van der Waals surface area contributed by atoms with Gasteiger partial charge in [-0.15, -0.1) is 0 Å². The van der Waals surface area contributed by atoms with Crippen LogP contribution in [0.3, 0.4) is 0 Å². The third kappa shape index (κ3) is 4.94. The van der Waals surface area contributed by atoms with E-state index < -0.39 is 45.1 Å². The van der Waals surface area contributed by atoms with E-state index in [1.165, 1.54) is 19.1 Å². The van der Waals surface area contributed by atoms with E-state index in [-0.39, 0.29) is 0 Å². The predicted octanol–water partition coefficient (Wildman–Crippen LogP) is 1.92. The van der Waals surface area contributed by atoms with Crippen LogP contribution in [0.25, 0.3) is 0 Å². The van der Waals surface area contributed by atoms with Crippen molar-refractivity contribution < 1.29 is 27.1 Å². The number of halogens is 1. The fourth-order valence-electron chi connectivity index (χ4n) is 1.98. The van der Waals surface area contributed by atoms with Crippen molar-refractivity contribution in [1.29, 1.82) is 0 Å². The number of Topliss-reactive ketones (excluding diaryl/α,β-unsaturated/α-hetero) is 1. The van der Waals surface area contributed by atoms with Gasteiger partial charge in [-0.05, 0) is 19.1 Å². The molecule has 0 aliphatic carbocycles. The van der Waals surface area contributed by atoms with Crippen LogP contribution >= 0.6 is 0 Å². The van der Waals surface area contributed by atoms with Crippen LogP contribution in [0, 0.1) is 5.82 Å². The van der Waals surface area contributed by atoms with Crippen molar-refractivity contribution in [3.63, 3.8) is 0 Å². The minimum Gasteiger partial charge on any atom is -0.456 e. The number of hydrogen-bond acceptors (Lipinski definition) is 5. The van der Waals surface area contributed by atoms with Crippen LogP contribution in [-0.4, -0.2) is 32.8 Å². The zero-order chi connectivity index (χ0) is 18.4. The van der Waals surface area contributed by atoms with Gasteiger partial charge in [-0.3, -0.25) is 9.59 Å². The smallest absolute Gasteiger partial charge is 0.324 e. The molecule has 0 heterocycles. The molecule has 0 unspecified atom stereocenters. The summed E-state index contributed by atoms with van der Waals surface area (Å²) in [6.45, 7) is 0.725. The molecule has 0 aromatic heterocycles. The van der Waals surface area contributed by atoms with E-state index in [0.29, 0.717) is 5.56 Å². The van der Waals surface area contributed by atoms with E-state index in [0.717, 1.165) is 12.1 Å². The molecule has 0 radical (unpaired) electrons. The average molecular weight is 365 g/mol. The Balaban J connectivity index is 1.96. The van der Waals surface area contributed by atoms with Gasteiger partial charge in [0.15, 0.2) is 12.4 Å². The molecule has 0 bridgehead atoms. The van der Waals surface area contributed by atoms with Crippen LogP contribution in [0.5, 0.6) is 0 Å². The Bertz CT molecular complexity index is 868. The summed E-state index contributed by atoms with van der Waals surface area (Å²) in [5, 5.41) is 0. The average Bonchev–Trinajstić information content (AvgIpc) is 2.59. The molecule has 0 fully saturated rings. The van der Waals surface area contributed by atoms with Crippen LogP contribution in [-0.2, 0) is 19.6 Å². The van der Waals surface area contributed by atoms with Crippen molar-refractivity contribution in [2.24, 2.45) is 0 Å². The molecule has 2 rings (SSSR count). The molecule has 0 aliphatic heterocycles. The largest absolute Gasteiger partial charge is 0.456 e. The fraction of sp³-hybridized carbons (Fsp3) is 0.176. The second-order valence-electron chi connectivity index (χ2n) is 5.17. The first kappa shape index (κ1) is 18.8. The summed E-state index contributed by atoms with van der Waals surface area (Å²) in [4.78, 5) is 23.2. The Hall–Kier alpha value is -2.58. The van der Waals surface area contributed by atoms with Gasteiger partial charge in [0, 0.05) is 5.56 Å². The highest BCUT2D eigenvalue weighted by Crippen LogP contribution is 2.13. The molecule has 0 saturated heterocycles. The first-order valence-electron chi connectivity index (χ1n) is 7.33. The lowest BCUT2D eigenvalue weighted by atomic mass is 10.1. The SMILES string of the molecule is C[C@H](NS(=O)(=O)c1ccccc1F)C(=O)OCC(=O)c1ccccc1. The fourth-order valence-corrected chi connectivity index (χ4v) is 3.25. The first-order chi connectivity index (χ1) is 11.8. The molecule has 0 amide bonds. The number of ketones is 1. The minimum atomic E-state index is -4.24. The second kappa shape index (κ2) is 8.00. The molecular formula is C17H16FNO5S. The number of hydrogen-bond donors (Lipinski definition) is 1. The number of carbonyl (C=O) groups is 2. The molecule has 132 valence electrons. The van der Waals surface area contributed by atoms with Crippen LogP contribution in [0.4, 0.5) is 4.39 Å². The summed E-state index contributed by atoms with van der Waals surface area (Å²) in [6.07, 6.45) is 0. The van der Waals surface area contributed by atoms with Crippen molar-refractivity contribution in [1.82, 2.24) is 4.72 Å². The van der Waals surface area contributed by atoms with E-state index >= 15 is 0 Å². The van der Waals surface area contributed by atoms with Gasteiger partial charge >= 0.3 is 5.97 Å². The van der Waals surface area contributed by atoms with Crippen molar-refractivity contribution in [3.8, 4) is 0 Å². The number of nitrogens with one attached hydrogen (secondary N) is 1. The molecular weight excluding hydrogens is 349 g/mol.